The molecule has 0 saturated carbocycles. The predicted octanol–water partition coefficient (Wildman–Crippen LogP) is 6.70. The first-order chi connectivity index (χ1) is 19.5. The lowest BCUT2D eigenvalue weighted by atomic mass is 9.91. The number of nitrogens with zero attached hydrogens (tertiary/aromatic N) is 3. The van der Waals surface area contributed by atoms with E-state index in [0.29, 0.717) is 34.3 Å². The van der Waals surface area contributed by atoms with E-state index in [-0.39, 0.29) is 51.6 Å². The SMILES string of the molecule is C=CS(=O)(=O)N1CCC(c2onc(-c3c(Cl)cc(Cl)cc3Cl)c2C(=O)n2ccc3c(/C=C/C(=O)O)cccc32)CC1. The van der Waals surface area contributed by atoms with Crippen molar-refractivity contribution in [2.45, 2.75) is 18.8 Å². The van der Waals surface area contributed by atoms with Crippen LogP contribution in [0.2, 0.25) is 15.1 Å². The summed E-state index contributed by atoms with van der Waals surface area (Å²) in [6.07, 6.45) is 4.80. The molecule has 13 heteroatoms. The smallest absolute Gasteiger partial charge is 0.328 e. The van der Waals surface area contributed by atoms with Crippen LogP contribution in [0.15, 0.2) is 65.2 Å². The molecule has 0 aliphatic carbocycles. The number of aromatic nitrogens is 2. The van der Waals surface area contributed by atoms with Gasteiger partial charge in [-0.15, -0.1) is 0 Å². The summed E-state index contributed by atoms with van der Waals surface area (Å²) in [6, 6.07) is 9.87. The van der Waals surface area contributed by atoms with Crippen LogP contribution in [-0.2, 0) is 14.8 Å². The van der Waals surface area contributed by atoms with Crippen molar-refractivity contribution in [1.82, 2.24) is 14.0 Å². The molecule has 4 aromatic rings. The van der Waals surface area contributed by atoms with Crippen LogP contribution in [0.3, 0.4) is 0 Å². The lowest BCUT2D eigenvalue weighted by Crippen LogP contribution is -2.36. The largest absolute Gasteiger partial charge is 0.478 e. The first-order valence-corrected chi connectivity index (χ1v) is 15.0. The van der Waals surface area contributed by atoms with Crippen LogP contribution in [0, 0.1) is 0 Å². The molecule has 2 aromatic carbocycles. The second-order valence-electron chi connectivity index (χ2n) is 9.34. The Morgan fingerprint density at radius 1 is 1.10 bits per heavy atom. The number of carboxylic acid groups (broad SMARTS) is 1. The summed E-state index contributed by atoms with van der Waals surface area (Å²) in [5.74, 6) is -1.62. The van der Waals surface area contributed by atoms with Crippen LogP contribution < -0.4 is 0 Å². The number of rotatable bonds is 7. The zero-order valence-corrected chi connectivity index (χ0v) is 24.3. The first kappa shape index (κ1) is 29.1. The van der Waals surface area contributed by atoms with Gasteiger partial charge in [-0.05, 0) is 48.7 Å². The summed E-state index contributed by atoms with van der Waals surface area (Å²) >= 11 is 19.2. The predicted molar refractivity (Wildman–Crippen MR) is 158 cm³/mol. The van der Waals surface area contributed by atoms with Crippen LogP contribution in [0.4, 0.5) is 0 Å². The number of carboxylic acids is 1. The van der Waals surface area contributed by atoms with Gasteiger partial charge in [0.1, 0.15) is 11.3 Å². The quantitative estimate of drug-likeness (QED) is 0.225. The van der Waals surface area contributed by atoms with Gasteiger partial charge in [-0.3, -0.25) is 9.36 Å². The molecule has 0 spiro atoms. The van der Waals surface area contributed by atoms with Gasteiger partial charge in [0.25, 0.3) is 5.91 Å². The molecule has 212 valence electrons. The second-order valence-corrected chi connectivity index (χ2v) is 12.5. The molecule has 1 aliphatic heterocycles. The number of carbonyl (C=O) groups is 2. The number of hydrogen-bond donors (Lipinski definition) is 1. The fraction of sp³-hybridized carbons (Fsp3) is 0.179. The summed E-state index contributed by atoms with van der Waals surface area (Å²) < 4.78 is 33.1. The molecule has 5 rings (SSSR count). The Morgan fingerprint density at radius 2 is 1.78 bits per heavy atom. The number of piperidine rings is 1. The number of hydrogen-bond acceptors (Lipinski definition) is 6. The highest BCUT2D eigenvalue weighted by Crippen LogP contribution is 2.42. The van der Waals surface area contributed by atoms with Crippen LogP contribution in [0.5, 0.6) is 0 Å². The maximum atomic E-state index is 14.3. The number of benzene rings is 2. The van der Waals surface area contributed by atoms with Crippen LogP contribution >= 0.6 is 34.8 Å². The van der Waals surface area contributed by atoms with E-state index in [1.54, 1.807) is 30.5 Å². The summed E-state index contributed by atoms with van der Waals surface area (Å²) in [5.41, 5.74) is 1.67. The molecule has 0 amide bonds. The van der Waals surface area contributed by atoms with Crippen LogP contribution in [-0.4, -0.2) is 52.5 Å². The van der Waals surface area contributed by atoms with Gasteiger partial charge >= 0.3 is 5.97 Å². The average molecular weight is 635 g/mol. The molecule has 9 nitrogen and oxygen atoms in total. The third-order valence-electron chi connectivity index (χ3n) is 6.96. The third-order valence-corrected chi connectivity index (χ3v) is 9.28. The highest BCUT2D eigenvalue weighted by atomic mass is 35.5. The van der Waals surface area contributed by atoms with Crippen LogP contribution in [0.25, 0.3) is 28.2 Å². The molecule has 0 atom stereocenters. The van der Waals surface area contributed by atoms with Gasteiger partial charge in [0.05, 0.1) is 15.6 Å². The number of carbonyl (C=O) groups excluding carboxylic acids is 1. The van der Waals surface area contributed by atoms with Gasteiger partial charge in [0.2, 0.25) is 10.0 Å². The highest BCUT2D eigenvalue weighted by molar-refractivity contribution is 7.92. The van der Waals surface area contributed by atoms with E-state index in [4.69, 9.17) is 44.4 Å². The highest BCUT2D eigenvalue weighted by Gasteiger charge is 2.35. The molecule has 3 heterocycles. The molecule has 0 bridgehead atoms. The van der Waals surface area contributed by atoms with Gasteiger partial charge in [-0.25, -0.2) is 13.2 Å². The van der Waals surface area contributed by atoms with Crippen molar-refractivity contribution in [2.24, 2.45) is 0 Å². The van der Waals surface area contributed by atoms with Crippen LogP contribution in [0.1, 0.15) is 40.4 Å². The van der Waals surface area contributed by atoms with Crippen molar-refractivity contribution in [3.63, 3.8) is 0 Å². The van der Waals surface area contributed by atoms with Crippen molar-refractivity contribution in [3.8, 4) is 11.3 Å². The summed E-state index contributed by atoms with van der Waals surface area (Å²) in [7, 11) is -3.59. The molecular weight excluding hydrogens is 613 g/mol. The monoisotopic (exact) mass is 633 g/mol. The standard InChI is InChI=1S/C28H22Cl3N3O6S/c1-2-41(38,39)33-11-8-17(9-12-33)27-25(26(32-40-27)24-20(30)14-18(29)15-21(24)31)28(37)34-13-10-19-16(6-7-23(35)36)4-3-5-22(19)34/h2-7,10,13-15,17H,1,8-9,11-12H2,(H,35,36)/b7-6+. The molecule has 1 N–H and O–H groups in total. The van der Waals surface area contributed by atoms with Crippen molar-refractivity contribution < 1.29 is 27.6 Å². The molecule has 0 radical (unpaired) electrons. The minimum Gasteiger partial charge on any atom is -0.478 e. The summed E-state index contributed by atoms with van der Waals surface area (Å²) in [6.45, 7) is 3.80. The molecule has 41 heavy (non-hydrogen) atoms. The topological polar surface area (TPSA) is 123 Å². The number of aliphatic carboxylic acids is 1. The van der Waals surface area contributed by atoms with E-state index in [1.165, 1.54) is 27.1 Å². The normalized spacial score (nSPS) is 15.1. The zero-order chi connectivity index (χ0) is 29.5. The van der Waals surface area contributed by atoms with Crippen molar-refractivity contribution in [1.29, 1.82) is 0 Å². The minimum absolute atomic E-state index is 0.126. The molecular formula is C28H22Cl3N3O6S. The number of fused-ring (bicyclic) bond motifs is 1. The number of halogens is 3. The van der Waals surface area contributed by atoms with E-state index in [9.17, 15) is 18.0 Å². The molecule has 1 aliphatic rings. The lowest BCUT2D eigenvalue weighted by molar-refractivity contribution is -0.131. The first-order valence-electron chi connectivity index (χ1n) is 12.3. The Kier molecular flexibility index (Phi) is 8.13. The van der Waals surface area contributed by atoms with Gasteiger partial charge in [-0.1, -0.05) is 58.7 Å². The van der Waals surface area contributed by atoms with E-state index >= 15 is 0 Å². The second kappa shape index (κ2) is 11.5. The van der Waals surface area contributed by atoms with E-state index in [1.807, 2.05) is 0 Å². The average Bonchev–Trinajstić information content (AvgIpc) is 3.56. The van der Waals surface area contributed by atoms with E-state index in [0.717, 1.165) is 11.5 Å². The fourth-order valence-corrected chi connectivity index (χ4v) is 6.93. The maximum Gasteiger partial charge on any atom is 0.328 e. The van der Waals surface area contributed by atoms with Crippen molar-refractivity contribution in [2.75, 3.05) is 13.1 Å². The molecule has 1 saturated heterocycles. The zero-order valence-electron chi connectivity index (χ0n) is 21.3. The van der Waals surface area contributed by atoms with Gasteiger partial charge in [0.15, 0.2) is 5.76 Å². The van der Waals surface area contributed by atoms with E-state index < -0.39 is 21.9 Å². The Balaban J connectivity index is 1.64. The van der Waals surface area contributed by atoms with Gasteiger partial charge in [-0.2, -0.15) is 4.31 Å². The maximum absolute atomic E-state index is 14.3. The Morgan fingerprint density at radius 3 is 2.41 bits per heavy atom. The van der Waals surface area contributed by atoms with Gasteiger partial charge in [0, 0.05) is 52.7 Å². The van der Waals surface area contributed by atoms with E-state index in [2.05, 4.69) is 11.7 Å². The van der Waals surface area contributed by atoms with Crippen molar-refractivity contribution in [3.05, 3.63) is 92.6 Å². The Labute approximate surface area is 250 Å². The number of sulfonamides is 1. The Bertz CT molecular complexity index is 1810. The fourth-order valence-electron chi connectivity index (χ4n) is 5.00. The third kappa shape index (κ3) is 5.58. The molecule has 0 unspecified atom stereocenters. The summed E-state index contributed by atoms with van der Waals surface area (Å²) in [4.78, 5) is 25.4. The van der Waals surface area contributed by atoms with Gasteiger partial charge < -0.3 is 9.63 Å². The molecule has 2 aromatic heterocycles. The lowest BCUT2D eigenvalue weighted by Gasteiger charge is -2.29. The summed E-state index contributed by atoms with van der Waals surface area (Å²) in [5, 5.41) is 15.5. The van der Waals surface area contributed by atoms with Crippen molar-refractivity contribution >= 4 is 73.7 Å². The minimum atomic E-state index is -3.59. The molecule has 1 fully saturated rings. The Hall–Kier alpha value is -3.41.